The third kappa shape index (κ3) is 3.66. The van der Waals surface area contributed by atoms with Crippen molar-refractivity contribution in [3.63, 3.8) is 0 Å². The lowest BCUT2D eigenvalue weighted by atomic mass is 10.0. The van der Waals surface area contributed by atoms with Gasteiger partial charge >= 0.3 is 5.97 Å². The summed E-state index contributed by atoms with van der Waals surface area (Å²) >= 11 is 2.93. The van der Waals surface area contributed by atoms with Crippen LogP contribution in [-0.2, 0) is 4.79 Å². The maximum absolute atomic E-state index is 13.8. The average Bonchev–Trinajstić information content (AvgIpc) is 2.36. The van der Waals surface area contributed by atoms with Crippen molar-refractivity contribution in [2.75, 3.05) is 14.2 Å². The molecule has 0 saturated carbocycles. The Morgan fingerprint density at radius 1 is 1.32 bits per heavy atom. The van der Waals surface area contributed by atoms with Gasteiger partial charge in [-0.15, -0.1) is 0 Å². The molecule has 0 aliphatic carbocycles. The average molecular weight is 335 g/mol. The molecule has 0 spiro atoms. The summed E-state index contributed by atoms with van der Waals surface area (Å²) in [6.07, 6.45) is -0.438. The van der Waals surface area contributed by atoms with E-state index in [0.717, 1.165) is 6.07 Å². The highest BCUT2D eigenvalue weighted by molar-refractivity contribution is 9.10. The van der Waals surface area contributed by atoms with Crippen molar-refractivity contribution >= 4 is 27.7 Å². The lowest BCUT2D eigenvalue weighted by molar-refractivity contribution is -0.136. The Hall–Kier alpha value is -1.63. The zero-order valence-electron chi connectivity index (χ0n) is 10.3. The van der Waals surface area contributed by atoms with Crippen LogP contribution in [0.2, 0.25) is 0 Å². The monoisotopic (exact) mass is 334 g/mol. The van der Waals surface area contributed by atoms with Gasteiger partial charge in [-0.3, -0.25) is 9.59 Å². The summed E-state index contributed by atoms with van der Waals surface area (Å²) in [6, 6.07) is 2.21. The van der Waals surface area contributed by atoms with E-state index in [-0.39, 0.29) is 17.1 Å². The fraction of sp³-hybridized carbons (Fsp3) is 0.333. The number of Topliss-reactive ketones (excluding diaryl/α,β-unsaturated/α-hetero) is 1. The fourth-order valence-electron chi connectivity index (χ4n) is 1.46. The first-order chi connectivity index (χ1) is 8.90. The van der Waals surface area contributed by atoms with Crippen molar-refractivity contribution in [2.24, 2.45) is 0 Å². The van der Waals surface area contributed by atoms with E-state index in [1.165, 1.54) is 20.3 Å². The molecule has 1 N–H and O–H groups in total. The summed E-state index contributed by atoms with van der Waals surface area (Å²) in [5.74, 6) is -2.27. The van der Waals surface area contributed by atoms with E-state index in [2.05, 4.69) is 15.9 Å². The van der Waals surface area contributed by atoms with E-state index in [1.54, 1.807) is 0 Å². The summed E-state index contributed by atoms with van der Waals surface area (Å²) in [7, 11) is 2.70. The van der Waals surface area contributed by atoms with Crippen molar-refractivity contribution in [1.82, 2.24) is 0 Å². The van der Waals surface area contributed by atoms with Crippen LogP contribution in [0.25, 0.3) is 0 Å². The Morgan fingerprint density at radius 3 is 2.32 bits per heavy atom. The molecule has 5 nitrogen and oxygen atoms in total. The predicted molar refractivity (Wildman–Crippen MR) is 68.8 cm³/mol. The van der Waals surface area contributed by atoms with E-state index in [0.29, 0.717) is 0 Å². The molecule has 1 atom stereocenters. The van der Waals surface area contributed by atoms with Crippen molar-refractivity contribution in [1.29, 1.82) is 0 Å². The number of ether oxygens (including phenoxy) is 2. The molecular weight excluding hydrogens is 323 g/mol. The van der Waals surface area contributed by atoms with Crippen LogP contribution >= 0.6 is 15.9 Å². The van der Waals surface area contributed by atoms with Gasteiger partial charge in [0.25, 0.3) is 0 Å². The van der Waals surface area contributed by atoms with Crippen LogP contribution in [0.5, 0.6) is 11.5 Å². The highest BCUT2D eigenvalue weighted by atomic mass is 79.9. The second-order valence-electron chi connectivity index (χ2n) is 3.62. The molecule has 0 heterocycles. The highest BCUT2D eigenvalue weighted by Crippen LogP contribution is 2.31. The largest absolute Gasteiger partial charge is 0.493 e. The minimum Gasteiger partial charge on any atom is -0.493 e. The number of carboxylic acids is 1. The Balaban J connectivity index is 3.13. The number of carbonyl (C=O) groups is 2. The topological polar surface area (TPSA) is 72.8 Å². The van der Waals surface area contributed by atoms with Crippen LogP contribution < -0.4 is 9.47 Å². The number of methoxy groups -OCH3 is 2. The molecule has 0 aliphatic rings. The summed E-state index contributed by atoms with van der Waals surface area (Å²) in [5.41, 5.74) is -0.249. The number of ketones is 1. The van der Waals surface area contributed by atoms with Crippen molar-refractivity contribution in [3.8, 4) is 11.5 Å². The van der Waals surface area contributed by atoms with Crippen molar-refractivity contribution in [3.05, 3.63) is 23.5 Å². The normalized spacial score (nSPS) is 11.8. The molecule has 104 valence electrons. The Morgan fingerprint density at radius 2 is 1.84 bits per heavy atom. The number of hydrogen-bond donors (Lipinski definition) is 1. The zero-order chi connectivity index (χ0) is 14.6. The molecule has 1 rings (SSSR count). The minimum absolute atomic E-state index is 0.154. The van der Waals surface area contributed by atoms with Crippen LogP contribution in [0.4, 0.5) is 4.39 Å². The van der Waals surface area contributed by atoms with Gasteiger partial charge in [0.2, 0.25) is 0 Å². The summed E-state index contributed by atoms with van der Waals surface area (Å²) in [4.78, 5) is 21.5. The SMILES string of the molecule is COc1cc(F)c(C(=O)C(Br)CC(=O)O)cc1OC. The Labute approximate surface area is 117 Å². The number of carbonyl (C=O) groups excluding carboxylic acids is 1. The van der Waals surface area contributed by atoms with E-state index in [4.69, 9.17) is 14.6 Å². The maximum Gasteiger partial charge on any atom is 0.304 e. The molecular formula is C12H12BrFO5. The molecule has 1 aromatic rings. The number of hydrogen-bond acceptors (Lipinski definition) is 4. The molecule has 0 saturated heterocycles. The van der Waals surface area contributed by atoms with Gasteiger partial charge in [0, 0.05) is 6.07 Å². The quantitative estimate of drug-likeness (QED) is 0.638. The number of rotatable bonds is 6. The molecule has 1 aromatic carbocycles. The number of halogens is 2. The van der Waals surface area contributed by atoms with Crippen LogP contribution in [0.15, 0.2) is 12.1 Å². The second-order valence-corrected chi connectivity index (χ2v) is 4.72. The first kappa shape index (κ1) is 15.4. The first-order valence-corrected chi connectivity index (χ1v) is 6.13. The van der Waals surface area contributed by atoms with Gasteiger partial charge in [0.15, 0.2) is 17.3 Å². The van der Waals surface area contributed by atoms with Crippen LogP contribution in [-0.4, -0.2) is 35.9 Å². The van der Waals surface area contributed by atoms with Gasteiger partial charge in [-0.05, 0) is 6.07 Å². The van der Waals surface area contributed by atoms with Crippen LogP contribution in [0.1, 0.15) is 16.8 Å². The lowest BCUT2D eigenvalue weighted by Crippen LogP contribution is -2.19. The summed E-state index contributed by atoms with van der Waals surface area (Å²) in [5, 5.41) is 8.61. The van der Waals surface area contributed by atoms with Crippen LogP contribution in [0, 0.1) is 5.82 Å². The third-order valence-corrected chi connectivity index (χ3v) is 3.12. The minimum atomic E-state index is -1.16. The summed E-state index contributed by atoms with van der Waals surface area (Å²) < 4.78 is 23.6. The molecule has 0 aliphatic heterocycles. The summed E-state index contributed by atoms with van der Waals surface area (Å²) in [6.45, 7) is 0. The standard InChI is InChI=1S/C12H12BrFO5/c1-18-9-3-6(8(14)5-10(9)19-2)12(17)7(13)4-11(15)16/h3,5,7H,4H2,1-2H3,(H,15,16). The molecule has 19 heavy (non-hydrogen) atoms. The van der Waals surface area contributed by atoms with E-state index >= 15 is 0 Å². The number of carboxylic acid groups (broad SMARTS) is 1. The molecule has 1 unspecified atom stereocenters. The van der Waals surface area contributed by atoms with E-state index in [1.807, 2.05) is 0 Å². The lowest BCUT2D eigenvalue weighted by Gasteiger charge is -2.12. The van der Waals surface area contributed by atoms with E-state index in [9.17, 15) is 14.0 Å². The zero-order valence-corrected chi connectivity index (χ0v) is 11.9. The molecule has 0 bridgehead atoms. The molecule has 0 aromatic heterocycles. The van der Waals surface area contributed by atoms with Crippen LogP contribution in [0.3, 0.4) is 0 Å². The molecule has 0 fully saturated rings. The van der Waals surface area contributed by atoms with Gasteiger partial charge in [-0.2, -0.15) is 0 Å². The fourth-order valence-corrected chi connectivity index (χ4v) is 1.98. The third-order valence-electron chi connectivity index (χ3n) is 2.38. The van der Waals surface area contributed by atoms with Gasteiger partial charge in [-0.1, -0.05) is 15.9 Å². The Kier molecular flexibility index (Phi) is 5.29. The first-order valence-electron chi connectivity index (χ1n) is 5.22. The van der Waals surface area contributed by atoms with Crippen molar-refractivity contribution < 1.29 is 28.6 Å². The Bertz CT molecular complexity index is 503. The molecule has 7 heteroatoms. The smallest absolute Gasteiger partial charge is 0.304 e. The molecule has 0 radical (unpaired) electrons. The van der Waals surface area contributed by atoms with Gasteiger partial charge in [-0.25, -0.2) is 4.39 Å². The maximum atomic E-state index is 13.8. The second kappa shape index (κ2) is 6.51. The molecule has 0 amide bonds. The number of aliphatic carboxylic acids is 1. The van der Waals surface area contributed by atoms with Gasteiger partial charge < -0.3 is 14.6 Å². The predicted octanol–water partition coefficient (Wildman–Crippen LogP) is 2.26. The van der Waals surface area contributed by atoms with Crippen molar-refractivity contribution in [2.45, 2.75) is 11.2 Å². The highest BCUT2D eigenvalue weighted by Gasteiger charge is 2.24. The van der Waals surface area contributed by atoms with E-state index < -0.39 is 28.8 Å². The number of benzene rings is 1. The van der Waals surface area contributed by atoms with Gasteiger partial charge in [0.05, 0.1) is 31.0 Å². The van der Waals surface area contributed by atoms with Gasteiger partial charge in [0.1, 0.15) is 5.82 Å². The number of alkyl halides is 1.